The molecule has 20 heavy (non-hydrogen) atoms. The fraction of sp³-hybridized carbons (Fsp3) is 0.133. The van der Waals surface area contributed by atoms with E-state index in [1.54, 1.807) is 30.3 Å². The average Bonchev–Trinajstić information content (AvgIpc) is 2.46. The number of rotatable bonds is 4. The Morgan fingerprint density at radius 3 is 2.45 bits per heavy atom. The van der Waals surface area contributed by atoms with Crippen molar-refractivity contribution in [2.24, 2.45) is 0 Å². The second kappa shape index (κ2) is 5.85. The minimum atomic E-state index is -0.385. The van der Waals surface area contributed by atoms with Gasteiger partial charge in [-0.15, -0.1) is 0 Å². The van der Waals surface area contributed by atoms with E-state index in [0.29, 0.717) is 29.7 Å². The van der Waals surface area contributed by atoms with Gasteiger partial charge in [-0.1, -0.05) is 30.3 Å². The van der Waals surface area contributed by atoms with Crippen LogP contribution in [0.1, 0.15) is 16.7 Å². The fourth-order valence-corrected chi connectivity index (χ4v) is 2.10. The standard InChI is InChI=1S/C15H13N3O2/c16-10-13-6-3-5-12(15(13)17)9-8-11-4-1-2-7-14(11)18(19)20/h1-7H,8-9,17H2. The highest BCUT2D eigenvalue weighted by Crippen LogP contribution is 2.22. The molecular formula is C15H13N3O2. The van der Waals surface area contributed by atoms with Crippen molar-refractivity contribution in [3.8, 4) is 6.07 Å². The zero-order valence-electron chi connectivity index (χ0n) is 10.7. The van der Waals surface area contributed by atoms with Crippen molar-refractivity contribution in [3.63, 3.8) is 0 Å². The fourth-order valence-electron chi connectivity index (χ4n) is 2.10. The first-order chi connectivity index (χ1) is 9.63. The van der Waals surface area contributed by atoms with Crippen molar-refractivity contribution in [2.75, 3.05) is 5.73 Å². The Hall–Kier alpha value is -2.87. The van der Waals surface area contributed by atoms with Crippen LogP contribution in [0.15, 0.2) is 42.5 Å². The number of benzene rings is 2. The topological polar surface area (TPSA) is 92.9 Å². The lowest BCUT2D eigenvalue weighted by molar-refractivity contribution is -0.385. The van der Waals surface area contributed by atoms with Crippen LogP contribution in [0.3, 0.4) is 0 Å². The normalized spacial score (nSPS) is 9.95. The largest absolute Gasteiger partial charge is 0.397 e. The molecule has 0 bridgehead atoms. The van der Waals surface area contributed by atoms with Gasteiger partial charge in [0.2, 0.25) is 0 Å². The Bertz CT molecular complexity index is 690. The number of nitrogens with two attached hydrogens (primary N) is 1. The third-order valence-electron chi connectivity index (χ3n) is 3.17. The lowest BCUT2D eigenvalue weighted by atomic mass is 10.00. The monoisotopic (exact) mass is 267 g/mol. The van der Waals surface area contributed by atoms with E-state index in [-0.39, 0.29) is 10.6 Å². The van der Waals surface area contributed by atoms with E-state index in [1.165, 1.54) is 6.07 Å². The van der Waals surface area contributed by atoms with Gasteiger partial charge in [-0.2, -0.15) is 5.26 Å². The first kappa shape index (κ1) is 13.6. The van der Waals surface area contributed by atoms with E-state index in [4.69, 9.17) is 11.0 Å². The van der Waals surface area contributed by atoms with E-state index in [0.717, 1.165) is 5.56 Å². The van der Waals surface area contributed by atoms with Crippen LogP contribution < -0.4 is 5.73 Å². The maximum Gasteiger partial charge on any atom is 0.272 e. The highest BCUT2D eigenvalue weighted by molar-refractivity contribution is 5.59. The highest BCUT2D eigenvalue weighted by Gasteiger charge is 2.13. The summed E-state index contributed by atoms with van der Waals surface area (Å²) in [5.74, 6) is 0. The number of anilines is 1. The average molecular weight is 267 g/mol. The van der Waals surface area contributed by atoms with Gasteiger partial charge in [0.05, 0.1) is 16.2 Å². The zero-order chi connectivity index (χ0) is 14.5. The summed E-state index contributed by atoms with van der Waals surface area (Å²) in [5, 5.41) is 19.9. The summed E-state index contributed by atoms with van der Waals surface area (Å²) in [6, 6.07) is 13.9. The second-order valence-corrected chi connectivity index (χ2v) is 4.38. The molecule has 5 heteroatoms. The quantitative estimate of drug-likeness (QED) is 0.523. The van der Waals surface area contributed by atoms with E-state index in [1.807, 2.05) is 12.1 Å². The lowest BCUT2D eigenvalue weighted by Gasteiger charge is -2.07. The van der Waals surface area contributed by atoms with Crippen LogP contribution in [-0.2, 0) is 12.8 Å². The second-order valence-electron chi connectivity index (χ2n) is 4.38. The summed E-state index contributed by atoms with van der Waals surface area (Å²) >= 11 is 0. The number of aryl methyl sites for hydroxylation is 2. The van der Waals surface area contributed by atoms with Crippen molar-refractivity contribution in [1.82, 2.24) is 0 Å². The van der Waals surface area contributed by atoms with Crippen LogP contribution in [0.2, 0.25) is 0 Å². The number of nitro groups is 1. The van der Waals surface area contributed by atoms with E-state index < -0.39 is 0 Å². The molecule has 100 valence electrons. The number of nitrogens with zero attached hydrogens (tertiary/aromatic N) is 2. The van der Waals surface area contributed by atoms with Gasteiger partial charge in [-0.25, -0.2) is 0 Å². The van der Waals surface area contributed by atoms with Crippen molar-refractivity contribution < 1.29 is 4.92 Å². The lowest BCUT2D eigenvalue weighted by Crippen LogP contribution is -2.01. The Morgan fingerprint density at radius 1 is 1.10 bits per heavy atom. The van der Waals surface area contributed by atoms with Gasteiger partial charge in [-0.3, -0.25) is 10.1 Å². The maximum absolute atomic E-state index is 10.9. The molecular weight excluding hydrogens is 254 g/mol. The Kier molecular flexibility index (Phi) is 3.96. The van der Waals surface area contributed by atoms with E-state index in [2.05, 4.69) is 0 Å². The SMILES string of the molecule is N#Cc1cccc(CCc2ccccc2[N+](=O)[O-])c1N. The number of nitriles is 1. The number of nitro benzene ring substituents is 1. The predicted octanol–water partition coefficient (Wildman–Crippen LogP) is 2.83. The molecule has 0 aliphatic rings. The van der Waals surface area contributed by atoms with Gasteiger partial charge >= 0.3 is 0 Å². The van der Waals surface area contributed by atoms with Gasteiger partial charge in [0.25, 0.3) is 5.69 Å². The summed E-state index contributed by atoms with van der Waals surface area (Å²) in [7, 11) is 0. The van der Waals surface area contributed by atoms with Gasteiger partial charge in [0.15, 0.2) is 0 Å². The third kappa shape index (κ3) is 2.75. The number of hydrogen-bond acceptors (Lipinski definition) is 4. The van der Waals surface area contributed by atoms with Crippen LogP contribution in [-0.4, -0.2) is 4.92 Å². The molecule has 0 spiro atoms. The molecule has 0 saturated heterocycles. The molecule has 0 aliphatic heterocycles. The van der Waals surface area contributed by atoms with Crippen molar-refractivity contribution in [2.45, 2.75) is 12.8 Å². The van der Waals surface area contributed by atoms with Crippen molar-refractivity contribution in [3.05, 3.63) is 69.3 Å². The summed E-state index contributed by atoms with van der Waals surface area (Å²) in [6.45, 7) is 0. The van der Waals surface area contributed by atoms with Crippen LogP contribution in [0.4, 0.5) is 11.4 Å². The Balaban J connectivity index is 2.22. The maximum atomic E-state index is 10.9. The van der Waals surface area contributed by atoms with Crippen molar-refractivity contribution in [1.29, 1.82) is 5.26 Å². The van der Waals surface area contributed by atoms with E-state index >= 15 is 0 Å². The van der Waals surface area contributed by atoms with Crippen molar-refractivity contribution >= 4 is 11.4 Å². The molecule has 2 rings (SSSR count). The first-order valence-electron chi connectivity index (χ1n) is 6.13. The molecule has 2 aromatic carbocycles. The summed E-state index contributed by atoms with van der Waals surface area (Å²) in [4.78, 5) is 10.6. The molecule has 0 fully saturated rings. The zero-order valence-corrected chi connectivity index (χ0v) is 10.7. The number of hydrogen-bond donors (Lipinski definition) is 1. The van der Waals surface area contributed by atoms with Crippen LogP contribution in [0.25, 0.3) is 0 Å². The highest BCUT2D eigenvalue weighted by atomic mass is 16.6. The number of para-hydroxylation sites is 2. The van der Waals surface area contributed by atoms with Gasteiger partial charge < -0.3 is 5.73 Å². The van der Waals surface area contributed by atoms with Crippen LogP contribution in [0, 0.1) is 21.4 Å². The minimum absolute atomic E-state index is 0.113. The predicted molar refractivity (Wildman–Crippen MR) is 76.1 cm³/mol. The molecule has 0 unspecified atom stereocenters. The summed E-state index contributed by atoms with van der Waals surface area (Å²) in [6.07, 6.45) is 1.07. The third-order valence-corrected chi connectivity index (χ3v) is 3.17. The first-order valence-corrected chi connectivity index (χ1v) is 6.13. The molecule has 0 saturated carbocycles. The number of nitrogen functional groups attached to an aromatic ring is 1. The van der Waals surface area contributed by atoms with E-state index in [9.17, 15) is 10.1 Å². The van der Waals surface area contributed by atoms with Crippen LogP contribution >= 0.6 is 0 Å². The molecule has 0 radical (unpaired) electrons. The molecule has 2 N–H and O–H groups in total. The smallest absolute Gasteiger partial charge is 0.272 e. The molecule has 0 aliphatic carbocycles. The van der Waals surface area contributed by atoms with Gasteiger partial charge in [-0.05, 0) is 24.5 Å². The molecule has 5 nitrogen and oxygen atoms in total. The van der Waals surface area contributed by atoms with Gasteiger partial charge in [0.1, 0.15) is 6.07 Å². The van der Waals surface area contributed by atoms with Crippen LogP contribution in [0.5, 0.6) is 0 Å². The van der Waals surface area contributed by atoms with Gasteiger partial charge in [0, 0.05) is 11.6 Å². The summed E-state index contributed by atoms with van der Waals surface area (Å²) in [5.41, 5.74) is 8.40. The molecule has 0 amide bonds. The minimum Gasteiger partial charge on any atom is -0.397 e. The summed E-state index contributed by atoms with van der Waals surface area (Å²) < 4.78 is 0. The Labute approximate surface area is 116 Å². The molecule has 0 heterocycles. The molecule has 0 aromatic heterocycles. The molecule has 2 aromatic rings. The molecule has 0 atom stereocenters. The Morgan fingerprint density at radius 2 is 1.75 bits per heavy atom.